The fourth-order valence-electron chi connectivity index (χ4n) is 1.91. The molecule has 0 heterocycles. The first-order valence-corrected chi connectivity index (χ1v) is 8.13. The number of nitrogens with one attached hydrogen (secondary N) is 1. The number of anilines is 1. The molecule has 0 saturated heterocycles. The van der Waals surface area contributed by atoms with Crippen LogP contribution < -0.4 is 4.72 Å². The molecule has 0 amide bonds. The third-order valence-corrected chi connectivity index (χ3v) is 4.23. The van der Waals surface area contributed by atoms with Gasteiger partial charge in [-0.15, -0.1) is 0 Å². The van der Waals surface area contributed by atoms with E-state index in [1.165, 1.54) is 18.2 Å². The van der Waals surface area contributed by atoms with Crippen molar-refractivity contribution in [3.63, 3.8) is 0 Å². The lowest BCUT2D eigenvalue weighted by Gasteiger charge is -2.11. The van der Waals surface area contributed by atoms with Crippen LogP contribution in [0.15, 0.2) is 48.5 Å². The van der Waals surface area contributed by atoms with Crippen LogP contribution in [0.25, 0.3) is 0 Å². The van der Waals surface area contributed by atoms with Crippen molar-refractivity contribution in [2.75, 3.05) is 4.72 Å². The molecule has 0 saturated carbocycles. The maximum atomic E-state index is 12.6. The van der Waals surface area contributed by atoms with Gasteiger partial charge in [-0.05, 0) is 23.8 Å². The van der Waals surface area contributed by atoms with E-state index in [2.05, 4.69) is 4.72 Å². The van der Waals surface area contributed by atoms with Gasteiger partial charge in [0.1, 0.15) is 0 Å². The number of nitro benzene ring substituents is 1. The van der Waals surface area contributed by atoms with E-state index in [9.17, 15) is 31.7 Å². The first-order valence-electron chi connectivity index (χ1n) is 6.48. The Morgan fingerprint density at radius 1 is 1.08 bits per heavy atom. The predicted octanol–water partition coefficient (Wildman–Crippen LogP) is 3.56. The molecule has 0 bridgehead atoms. The van der Waals surface area contributed by atoms with E-state index in [0.29, 0.717) is 6.07 Å². The van der Waals surface area contributed by atoms with Crippen LogP contribution in [0, 0.1) is 10.1 Å². The molecule has 0 radical (unpaired) electrons. The van der Waals surface area contributed by atoms with Crippen LogP contribution in [0.5, 0.6) is 0 Å². The van der Waals surface area contributed by atoms with E-state index < -0.39 is 32.4 Å². The molecular weight excluding hydrogens is 349 g/mol. The number of nitro groups is 1. The zero-order chi connectivity index (χ0) is 18.0. The Morgan fingerprint density at radius 2 is 1.71 bits per heavy atom. The Hall–Kier alpha value is -2.62. The molecule has 128 valence electrons. The van der Waals surface area contributed by atoms with E-state index in [4.69, 9.17) is 0 Å². The van der Waals surface area contributed by atoms with Crippen LogP contribution in [0.3, 0.4) is 0 Å². The number of rotatable bonds is 5. The Balaban J connectivity index is 2.15. The number of hydrogen-bond donors (Lipinski definition) is 1. The molecular formula is C14H11F3N2O4S. The maximum absolute atomic E-state index is 12.6. The van der Waals surface area contributed by atoms with Gasteiger partial charge in [-0.2, -0.15) is 13.2 Å². The van der Waals surface area contributed by atoms with Gasteiger partial charge in [-0.25, -0.2) is 8.42 Å². The van der Waals surface area contributed by atoms with Crippen molar-refractivity contribution >= 4 is 21.4 Å². The third kappa shape index (κ3) is 4.69. The van der Waals surface area contributed by atoms with Gasteiger partial charge < -0.3 is 0 Å². The maximum Gasteiger partial charge on any atom is 0.416 e. The average molecular weight is 360 g/mol. The Bertz CT molecular complexity index is 849. The van der Waals surface area contributed by atoms with Crippen molar-refractivity contribution in [3.05, 3.63) is 69.8 Å². The molecule has 0 aliphatic heterocycles. The van der Waals surface area contributed by atoms with Crippen LogP contribution >= 0.6 is 0 Å². The molecule has 2 aromatic rings. The minimum Gasteiger partial charge on any atom is -0.283 e. The molecule has 0 aliphatic rings. The van der Waals surface area contributed by atoms with Gasteiger partial charge in [0.15, 0.2) is 0 Å². The summed E-state index contributed by atoms with van der Waals surface area (Å²) in [4.78, 5) is 9.91. The molecule has 0 fully saturated rings. The minimum absolute atomic E-state index is 0.193. The number of halogens is 3. The van der Waals surface area contributed by atoms with E-state index in [-0.39, 0.29) is 16.9 Å². The highest BCUT2D eigenvalue weighted by molar-refractivity contribution is 7.91. The highest BCUT2D eigenvalue weighted by Gasteiger charge is 2.30. The number of alkyl halides is 3. The molecule has 24 heavy (non-hydrogen) atoms. The van der Waals surface area contributed by atoms with Crippen molar-refractivity contribution in [1.29, 1.82) is 0 Å². The first-order chi connectivity index (χ1) is 11.1. The van der Waals surface area contributed by atoms with Crippen molar-refractivity contribution < 1.29 is 26.5 Å². The van der Waals surface area contributed by atoms with Crippen LogP contribution in [-0.2, 0) is 22.0 Å². The van der Waals surface area contributed by atoms with Crippen LogP contribution in [-0.4, -0.2) is 13.3 Å². The Morgan fingerprint density at radius 3 is 2.25 bits per heavy atom. The second-order valence-electron chi connectivity index (χ2n) is 4.86. The molecule has 6 nitrogen and oxygen atoms in total. The molecule has 0 aromatic heterocycles. The molecule has 0 aliphatic carbocycles. The largest absolute Gasteiger partial charge is 0.416 e. The molecule has 0 atom stereocenters. The van der Waals surface area contributed by atoms with Crippen molar-refractivity contribution in [1.82, 2.24) is 0 Å². The SMILES string of the molecule is O=[N+]([O-])c1ccc(CS(=O)(=O)Nc2cccc(C(F)(F)F)c2)cc1. The normalized spacial score (nSPS) is 12.0. The highest BCUT2D eigenvalue weighted by atomic mass is 32.2. The van der Waals surface area contributed by atoms with E-state index >= 15 is 0 Å². The average Bonchev–Trinajstić information content (AvgIpc) is 2.46. The summed E-state index contributed by atoms with van der Waals surface area (Å²) in [5, 5.41) is 10.5. The zero-order valence-electron chi connectivity index (χ0n) is 11.9. The van der Waals surface area contributed by atoms with Gasteiger partial charge in [0, 0.05) is 17.8 Å². The van der Waals surface area contributed by atoms with Gasteiger partial charge in [-0.3, -0.25) is 14.8 Å². The van der Waals surface area contributed by atoms with Gasteiger partial charge in [0.25, 0.3) is 5.69 Å². The van der Waals surface area contributed by atoms with Crippen LogP contribution in [0.4, 0.5) is 24.5 Å². The second-order valence-corrected chi connectivity index (χ2v) is 6.59. The lowest BCUT2D eigenvalue weighted by atomic mass is 10.2. The summed E-state index contributed by atoms with van der Waals surface area (Å²) in [7, 11) is -3.97. The van der Waals surface area contributed by atoms with Crippen molar-refractivity contribution in [3.8, 4) is 0 Å². The topological polar surface area (TPSA) is 89.3 Å². The van der Waals surface area contributed by atoms with E-state index in [0.717, 1.165) is 24.3 Å². The molecule has 1 N–H and O–H groups in total. The second kappa shape index (κ2) is 6.48. The number of non-ortho nitro benzene ring substituents is 1. The Kier molecular flexibility index (Phi) is 4.78. The predicted molar refractivity (Wildman–Crippen MR) is 80.8 cm³/mol. The standard InChI is InChI=1S/C14H11F3N2O4S/c15-14(16,17)11-2-1-3-12(8-11)18-24(22,23)9-10-4-6-13(7-5-10)19(20)21/h1-8,18H,9H2. The Labute approximate surface area is 135 Å². The summed E-state index contributed by atoms with van der Waals surface area (Å²) in [6.07, 6.45) is -4.58. The fraction of sp³-hybridized carbons (Fsp3) is 0.143. The van der Waals surface area contributed by atoms with E-state index in [1.54, 1.807) is 0 Å². The molecule has 0 spiro atoms. The summed E-state index contributed by atoms with van der Waals surface area (Å²) in [6, 6.07) is 8.63. The molecule has 0 unspecified atom stereocenters. The highest BCUT2D eigenvalue weighted by Crippen LogP contribution is 2.31. The van der Waals surface area contributed by atoms with Gasteiger partial charge >= 0.3 is 6.18 Å². The summed E-state index contributed by atoms with van der Waals surface area (Å²) in [6.45, 7) is 0. The monoisotopic (exact) mass is 360 g/mol. The van der Waals surface area contributed by atoms with Crippen molar-refractivity contribution in [2.24, 2.45) is 0 Å². The lowest BCUT2D eigenvalue weighted by molar-refractivity contribution is -0.384. The van der Waals surface area contributed by atoms with E-state index in [1.807, 2.05) is 0 Å². The van der Waals surface area contributed by atoms with Gasteiger partial charge in [0.2, 0.25) is 10.0 Å². The number of nitrogens with zero attached hydrogens (tertiary/aromatic N) is 1. The van der Waals surface area contributed by atoms with Crippen LogP contribution in [0.2, 0.25) is 0 Å². The van der Waals surface area contributed by atoms with Gasteiger partial charge in [0.05, 0.1) is 16.2 Å². The first kappa shape index (κ1) is 17.7. The van der Waals surface area contributed by atoms with Crippen LogP contribution in [0.1, 0.15) is 11.1 Å². The number of hydrogen-bond acceptors (Lipinski definition) is 4. The summed E-state index contributed by atoms with van der Waals surface area (Å²) < 4.78 is 64.0. The zero-order valence-corrected chi connectivity index (χ0v) is 12.8. The molecule has 10 heteroatoms. The summed E-state index contributed by atoms with van der Waals surface area (Å²) >= 11 is 0. The molecule has 2 aromatic carbocycles. The summed E-state index contributed by atoms with van der Waals surface area (Å²) in [5.41, 5.74) is -1.12. The fourth-order valence-corrected chi connectivity index (χ4v) is 3.10. The minimum atomic E-state index is -4.58. The quantitative estimate of drug-likeness (QED) is 0.652. The summed E-state index contributed by atoms with van der Waals surface area (Å²) in [5.74, 6) is -0.527. The third-order valence-electron chi connectivity index (χ3n) is 2.97. The lowest BCUT2D eigenvalue weighted by Crippen LogP contribution is -2.15. The number of sulfonamides is 1. The van der Waals surface area contributed by atoms with Gasteiger partial charge in [-0.1, -0.05) is 18.2 Å². The molecule has 2 rings (SSSR count). The number of benzene rings is 2. The smallest absolute Gasteiger partial charge is 0.283 e. The van der Waals surface area contributed by atoms with Crippen molar-refractivity contribution in [2.45, 2.75) is 11.9 Å².